The molecule has 3 amide bonds. The van der Waals surface area contributed by atoms with Crippen LogP contribution in [-0.4, -0.2) is 30.8 Å². The van der Waals surface area contributed by atoms with E-state index in [1.165, 1.54) is 6.07 Å². The summed E-state index contributed by atoms with van der Waals surface area (Å²) in [5.74, 6) is 0.714. The number of carbonyl (C=O) groups is 2. The van der Waals surface area contributed by atoms with E-state index in [1.54, 1.807) is 50.4 Å². The molecule has 2 aromatic carbocycles. The molecule has 0 saturated carbocycles. The zero-order valence-corrected chi connectivity index (χ0v) is 17.1. The van der Waals surface area contributed by atoms with E-state index in [1.807, 2.05) is 6.92 Å². The van der Waals surface area contributed by atoms with Gasteiger partial charge in [0, 0.05) is 23.0 Å². The highest BCUT2D eigenvalue weighted by atomic mass is 16.5. The number of hydrogen-bond donors (Lipinski definition) is 4. The summed E-state index contributed by atoms with van der Waals surface area (Å²) in [4.78, 5) is 25.1. The van der Waals surface area contributed by atoms with Gasteiger partial charge in [0.05, 0.1) is 25.3 Å². The standard InChI is InChI=1S/C22H25N3O5/c1-4-11-30-16-9-10-17(18(26)12-16)20-19(13(2)23-22(28)25-20)21(27)24-14-5-7-15(29-3)8-6-14/h5-10,12,20,26H,4,11H2,1-3H3,(H,24,27)(H2,23,25,28)/t20-/m1/s1. The lowest BCUT2D eigenvalue weighted by Crippen LogP contribution is -2.46. The highest BCUT2D eigenvalue weighted by Crippen LogP contribution is 2.35. The van der Waals surface area contributed by atoms with Crippen molar-refractivity contribution in [2.75, 3.05) is 19.0 Å². The quantitative estimate of drug-likeness (QED) is 0.558. The third kappa shape index (κ3) is 4.65. The van der Waals surface area contributed by atoms with Crippen LogP contribution in [0.3, 0.4) is 0 Å². The van der Waals surface area contributed by atoms with E-state index in [9.17, 15) is 14.7 Å². The summed E-state index contributed by atoms with van der Waals surface area (Å²) in [5, 5.41) is 18.7. The first kappa shape index (κ1) is 21.0. The predicted octanol–water partition coefficient (Wildman–Crippen LogP) is 3.46. The average Bonchev–Trinajstić information content (AvgIpc) is 2.72. The topological polar surface area (TPSA) is 109 Å². The van der Waals surface area contributed by atoms with Crippen molar-refractivity contribution >= 4 is 17.6 Å². The number of rotatable bonds is 7. The van der Waals surface area contributed by atoms with Crippen molar-refractivity contribution in [3.05, 3.63) is 59.3 Å². The monoisotopic (exact) mass is 411 g/mol. The number of urea groups is 1. The number of ether oxygens (including phenoxy) is 2. The number of phenolic OH excluding ortho intramolecular Hbond substituents is 1. The fourth-order valence-corrected chi connectivity index (χ4v) is 3.18. The third-order valence-corrected chi connectivity index (χ3v) is 4.65. The summed E-state index contributed by atoms with van der Waals surface area (Å²) < 4.78 is 10.7. The van der Waals surface area contributed by atoms with Crippen LogP contribution in [0.25, 0.3) is 0 Å². The molecule has 0 unspecified atom stereocenters. The van der Waals surface area contributed by atoms with Crippen LogP contribution < -0.4 is 25.4 Å². The van der Waals surface area contributed by atoms with Crippen molar-refractivity contribution in [1.29, 1.82) is 0 Å². The number of anilines is 1. The predicted molar refractivity (Wildman–Crippen MR) is 113 cm³/mol. The molecular weight excluding hydrogens is 386 g/mol. The number of carbonyl (C=O) groups excluding carboxylic acids is 2. The van der Waals surface area contributed by atoms with Crippen molar-refractivity contribution < 1.29 is 24.2 Å². The van der Waals surface area contributed by atoms with E-state index in [4.69, 9.17) is 9.47 Å². The second-order valence-corrected chi connectivity index (χ2v) is 6.82. The van der Waals surface area contributed by atoms with Gasteiger partial charge in [0.1, 0.15) is 17.2 Å². The number of nitrogens with one attached hydrogen (secondary N) is 3. The summed E-state index contributed by atoms with van der Waals surface area (Å²) in [6, 6.07) is 10.4. The van der Waals surface area contributed by atoms with Crippen LogP contribution in [0.1, 0.15) is 31.9 Å². The number of hydrogen-bond acceptors (Lipinski definition) is 5. The van der Waals surface area contributed by atoms with E-state index >= 15 is 0 Å². The van der Waals surface area contributed by atoms with Crippen LogP contribution in [0, 0.1) is 0 Å². The molecule has 1 atom stereocenters. The second kappa shape index (κ2) is 9.21. The lowest BCUT2D eigenvalue weighted by molar-refractivity contribution is -0.113. The Bertz CT molecular complexity index is 969. The molecule has 0 aliphatic carbocycles. The van der Waals surface area contributed by atoms with Crippen LogP contribution in [-0.2, 0) is 4.79 Å². The van der Waals surface area contributed by atoms with Gasteiger partial charge in [-0.3, -0.25) is 4.79 Å². The number of allylic oxidation sites excluding steroid dienone is 1. The van der Waals surface area contributed by atoms with E-state index < -0.39 is 18.0 Å². The van der Waals surface area contributed by atoms with Gasteiger partial charge in [0.2, 0.25) is 0 Å². The van der Waals surface area contributed by atoms with Crippen LogP contribution in [0.5, 0.6) is 17.2 Å². The Kier molecular flexibility index (Phi) is 6.46. The normalized spacial score (nSPS) is 15.8. The molecule has 158 valence electrons. The maximum Gasteiger partial charge on any atom is 0.319 e. The van der Waals surface area contributed by atoms with Gasteiger partial charge >= 0.3 is 6.03 Å². The van der Waals surface area contributed by atoms with Crippen molar-refractivity contribution in [3.63, 3.8) is 0 Å². The fraction of sp³-hybridized carbons (Fsp3) is 0.273. The molecule has 0 radical (unpaired) electrons. The molecular formula is C22H25N3O5. The summed E-state index contributed by atoms with van der Waals surface area (Å²) in [6.45, 7) is 4.15. The van der Waals surface area contributed by atoms with E-state index in [0.29, 0.717) is 40.6 Å². The van der Waals surface area contributed by atoms with Crippen molar-refractivity contribution in [3.8, 4) is 17.2 Å². The second-order valence-electron chi connectivity index (χ2n) is 6.82. The molecule has 1 aliphatic heterocycles. The SMILES string of the molecule is CCCOc1ccc([C@H]2NC(=O)NC(C)=C2C(=O)Nc2ccc(OC)cc2)c(O)c1. The minimum atomic E-state index is -0.822. The number of aromatic hydroxyl groups is 1. The molecule has 0 fully saturated rings. The smallest absolute Gasteiger partial charge is 0.319 e. The van der Waals surface area contributed by atoms with Gasteiger partial charge in [-0.2, -0.15) is 0 Å². The summed E-state index contributed by atoms with van der Waals surface area (Å²) >= 11 is 0. The van der Waals surface area contributed by atoms with Crippen LogP contribution in [0.4, 0.5) is 10.5 Å². The molecule has 8 heteroatoms. The zero-order chi connectivity index (χ0) is 21.7. The first-order valence-electron chi connectivity index (χ1n) is 9.62. The van der Waals surface area contributed by atoms with Crippen LogP contribution >= 0.6 is 0 Å². The van der Waals surface area contributed by atoms with Gasteiger partial charge < -0.3 is 30.5 Å². The van der Waals surface area contributed by atoms with Crippen LogP contribution in [0.15, 0.2) is 53.7 Å². The summed E-state index contributed by atoms with van der Waals surface area (Å²) in [5.41, 5.74) is 1.67. The molecule has 2 aromatic rings. The minimum Gasteiger partial charge on any atom is -0.507 e. The number of methoxy groups -OCH3 is 1. The fourth-order valence-electron chi connectivity index (χ4n) is 3.18. The van der Waals surface area contributed by atoms with Gasteiger partial charge in [-0.05, 0) is 49.7 Å². The van der Waals surface area contributed by atoms with Crippen molar-refractivity contribution in [2.24, 2.45) is 0 Å². The molecule has 30 heavy (non-hydrogen) atoms. The lowest BCUT2D eigenvalue weighted by Gasteiger charge is -2.29. The molecule has 4 N–H and O–H groups in total. The molecule has 0 saturated heterocycles. The summed E-state index contributed by atoms with van der Waals surface area (Å²) in [6.07, 6.45) is 0.838. The highest BCUT2D eigenvalue weighted by molar-refractivity contribution is 6.06. The molecule has 0 spiro atoms. The Morgan fingerprint density at radius 1 is 1.17 bits per heavy atom. The Labute approximate surface area is 174 Å². The van der Waals surface area contributed by atoms with Gasteiger partial charge in [0.25, 0.3) is 5.91 Å². The lowest BCUT2D eigenvalue weighted by atomic mass is 9.94. The molecule has 8 nitrogen and oxygen atoms in total. The maximum absolute atomic E-state index is 13.0. The Morgan fingerprint density at radius 3 is 2.50 bits per heavy atom. The maximum atomic E-state index is 13.0. The largest absolute Gasteiger partial charge is 0.507 e. The third-order valence-electron chi connectivity index (χ3n) is 4.65. The van der Waals surface area contributed by atoms with E-state index in [2.05, 4.69) is 16.0 Å². The first-order valence-corrected chi connectivity index (χ1v) is 9.62. The average molecular weight is 411 g/mol. The summed E-state index contributed by atoms with van der Waals surface area (Å²) in [7, 11) is 1.56. The highest BCUT2D eigenvalue weighted by Gasteiger charge is 2.32. The van der Waals surface area contributed by atoms with Gasteiger partial charge in [0.15, 0.2) is 0 Å². The molecule has 1 aliphatic rings. The van der Waals surface area contributed by atoms with E-state index in [-0.39, 0.29) is 5.75 Å². The van der Waals surface area contributed by atoms with Gasteiger partial charge in [-0.1, -0.05) is 6.92 Å². The first-order chi connectivity index (χ1) is 14.4. The van der Waals surface area contributed by atoms with Gasteiger partial charge in [-0.15, -0.1) is 0 Å². The Morgan fingerprint density at radius 2 is 1.87 bits per heavy atom. The van der Waals surface area contributed by atoms with Crippen molar-refractivity contribution in [1.82, 2.24) is 10.6 Å². The number of phenols is 1. The van der Waals surface area contributed by atoms with Crippen molar-refractivity contribution in [2.45, 2.75) is 26.3 Å². The Balaban J connectivity index is 1.89. The number of benzene rings is 2. The van der Waals surface area contributed by atoms with Crippen LogP contribution in [0.2, 0.25) is 0 Å². The molecule has 3 rings (SSSR count). The Hall–Kier alpha value is -3.68. The number of amides is 3. The van der Waals surface area contributed by atoms with E-state index in [0.717, 1.165) is 6.42 Å². The zero-order valence-electron chi connectivity index (χ0n) is 17.1. The van der Waals surface area contributed by atoms with Gasteiger partial charge in [-0.25, -0.2) is 4.79 Å². The molecule has 0 aromatic heterocycles. The minimum absolute atomic E-state index is 0.0710. The molecule has 0 bridgehead atoms. The molecule has 1 heterocycles.